The van der Waals surface area contributed by atoms with E-state index in [0.29, 0.717) is 19.5 Å². The molecule has 0 radical (unpaired) electrons. The van der Waals surface area contributed by atoms with Crippen molar-refractivity contribution >= 4 is 15.7 Å². The van der Waals surface area contributed by atoms with Crippen LogP contribution in [0.15, 0.2) is 0 Å². The number of carbonyl (C=O) groups is 1. The summed E-state index contributed by atoms with van der Waals surface area (Å²) in [4.78, 5) is 18.4. The number of amides is 1. The Morgan fingerprint density at radius 3 is 2.09 bits per heavy atom. The molecule has 0 spiro atoms. The summed E-state index contributed by atoms with van der Waals surface area (Å²) < 4.78 is 24.1. The van der Waals surface area contributed by atoms with Crippen LogP contribution in [0.25, 0.3) is 0 Å². The van der Waals surface area contributed by atoms with E-state index in [4.69, 9.17) is 0 Å². The highest BCUT2D eigenvalue weighted by atomic mass is 32.2. The van der Waals surface area contributed by atoms with E-state index in [9.17, 15) is 18.3 Å². The third-order valence-corrected chi connectivity index (χ3v) is 7.06. The van der Waals surface area contributed by atoms with E-state index >= 15 is 0 Å². The number of nitrogens with zero attached hydrogens (tertiary/aromatic N) is 3. The summed E-state index contributed by atoms with van der Waals surface area (Å²) in [6.45, 7) is 4.47. The van der Waals surface area contributed by atoms with Gasteiger partial charge in [-0.2, -0.15) is 0 Å². The monoisotopic (exact) mass is 345 g/mol. The van der Waals surface area contributed by atoms with Gasteiger partial charge in [0.1, 0.15) is 0 Å². The number of β-amino-alcohol motifs (C(OH)–C–C–N with tert-alkyl or cyclic N) is 1. The fraction of sp³-hybridized carbons (Fsp3) is 0.933. The summed E-state index contributed by atoms with van der Waals surface area (Å²) in [6.07, 6.45) is 2.66. The van der Waals surface area contributed by atoms with E-state index in [1.54, 1.807) is 0 Å². The number of aliphatic hydroxyl groups excluding tert-OH is 1. The van der Waals surface area contributed by atoms with Crippen molar-refractivity contribution in [2.45, 2.75) is 31.3 Å². The largest absolute Gasteiger partial charge is 0.395 e. The van der Waals surface area contributed by atoms with Gasteiger partial charge in [0, 0.05) is 57.8 Å². The molecule has 3 fully saturated rings. The molecule has 3 saturated heterocycles. The molecule has 8 heteroatoms. The first-order valence-electron chi connectivity index (χ1n) is 8.57. The summed E-state index contributed by atoms with van der Waals surface area (Å²) in [7, 11) is -3.03. The Hall–Kier alpha value is -0.700. The summed E-state index contributed by atoms with van der Waals surface area (Å²) in [5.41, 5.74) is 0. The average Bonchev–Trinajstić information content (AvgIpc) is 3.13. The van der Waals surface area contributed by atoms with Gasteiger partial charge < -0.3 is 10.0 Å². The van der Waals surface area contributed by atoms with Gasteiger partial charge >= 0.3 is 0 Å². The van der Waals surface area contributed by atoms with Crippen LogP contribution in [0.4, 0.5) is 0 Å². The van der Waals surface area contributed by atoms with Gasteiger partial charge in [0.15, 0.2) is 9.84 Å². The van der Waals surface area contributed by atoms with Crippen molar-refractivity contribution in [2.75, 3.05) is 57.4 Å². The minimum atomic E-state index is -3.03. The average molecular weight is 345 g/mol. The molecular formula is C15H27N3O4S. The second kappa shape index (κ2) is 7.04. The summed E-state index contributed by atoms with van der Waals surface area (Å²) >= 11 is 0. The number of hydrogen-bond donors (Lipinski definition) is 1. The van der Waals surface area contributed by atoms with E-state index in [2.05, 4.69) is 9.80 Å². The van der Waals surface area contributed by atoms with Crippen LogP contribution < -0.4 is 0 Å². The zero-order valence-corrected chi connectivity index (χ0v) is 14.4. The second-order valence-corrected chi connectivity index (χ2v) is 9.00. The molecule has 3 aliphatic rings. The third-order valence-electron chi connectivity index (χ3n) is 5.36. The highest BCUT2D eigenvalue weighted by molar-refractivity contribution is 7.91. The van der Waals surface area contributed by atoms with Crippen molar-refractivity contribution in [2.24, 2.45) is 0 Å². The van der Waals surface area contributed by atoms with Gasteiger partial charge in [-0.15, -0.1) is 0 Å². The first-order chi connectivity index (χ1) is 11.0. The molecule has 3 heterocycles. The van der Waals surface area contributed by atoms with Crippen molar-refractivity contribution in [1.29, 1.82) is 0 Å². The molecule has 0 aromatic carbocycles. The maximum atomic E-state index is 12.2. The molecule has 0 bridgehead atoms. The van der Waals surface area contributed by atoms with Gasteiger partial charge in [-0.25, -0.2) is 8.42 Å². The lowest BCUT2D eigenvalue weighted by molar-refractivity contribution is -0.130. The quantitative estimate of drug-likeness (QED) is 0.672. The Kier molecular flexibility index (Phi) is 5.25. The highest BCUT2D eigenvalue weighted by Crippen LogP contribution is 2.27. The minimum absolute atomic E-state index is 0.0355. The van der Waals surface area contributed by atoms with E-state index in [0.717, 1.165) is 39.0 Å². The third kappa shape index (κ3) is 3.87. The maximum absolute atomic E-state index is 12.2. The van der Waals surface area contributed by atoms with Crippen molar-refractivity contribution in [1.82, 2.24) is 14.7 Å². The number of likely N-dealkylation sites (tertiary alicyclic amines) is 1. The van der Waals surface area contributed by atoms with Crippen molar-refractivity contribution in [3.8, 4) is 0 Å². The molecular weight excluding hydrogens is 318 g/mol. The predicted octanol–water partition coefficient (Wildman–Crippen LogP) is -1.23. The first kappa shape index (κ1) is 17.1. The molecule has 0 aromatic heterocycles. The molecule has 0 saturated carbocycles. The molecule has 1 amide bonds. The number of carbonyl (C=O) groups excluding carboxylic acids is 1. The molecule has 23 heavy (non-hydrogen) atoms. The fourth-order valence-electron chi connectivity index (χ4n) is 4.14. The molecule has 132 valence electrons. The van der Waals surface area contributed by atoms with Crippen molar-refractivity contribution < 1.29 is 18.3 Å². The highest BCUT2D eigenvalue weighted by Gasteiger charge is 2.46. The van der Waals surface area contributed by atoms with E-state index in [1.165, 1.54) is 0 Å². The lowest BCUT2D eigenvalue weighted by Gasteiger charge is -2.43. The number of fused-ring (bicyclic) bond motifs is 1. The van der Waals surface area contributed by atoms with Crippen LogP contribution in [-0.2, 0) is 14.6 Å². The molecule has 3 aliphatic heterocycles. The smallest absolute Gasteiger partial charge is 0.223 e. The van der Waals surface area contributed by atoms with Crippen LogP contribution in [-0.4, -0.2) is 104 Å². The van der Waals surface area contributed by atoms with Crippen molar-refractivity contribution in [3.05, 3.63) is 0 Å². The van der Waals surface area contributed by atoms with Gasteiger partial charge in [0.25, 0.3) is 0 Å². The van der Waals surface area contributed by atoms with E-state index in [-0.39, 0.29) is 36.1 Å². The zero-order valence-electron chi connectivity index (χ0n) is 13.6. The van der Waals surface area contributed by atoms with Crippen LogP contribution in [0.2, 0.25) is 0 Å². The molecule has 0 aromatic rings. The number of piperazine rings is 1. The van der Waals surface area contributed by atoms with E-state index < -0.39 is 9.84 Å². The van der Waals surface area contributed by atoms with E-state index in [1.807, 2.05) is 4.90 Å². The van der Waals surface area contributed by atoms with Crippen LogP contribution in [0.1, 0.15) is 19.3 Å². The Balaban J connectivity index is 1.60. The SMILES string of the molecule is O=C(CCN1CCN(CCO)[C@H]2CS(=O)(=O)C[C@H]21)N1CCCC1. The molecule has 2 atom stereocenters. The van der Waals surface area contributed by atoms with Gasteiger partial charge in [0.2, 0.25) is 5.91 Å². The van der Waals surface area contributed by atoms with Gasteiger partial charge in [0.05, 0.1) is 18.1 Å². The molecule has 0 unspecified atom stereocenters. The number of hydrogen-bond acceptors (Lipinski definition) is 6. The summed E-state index contributed by atoms with van der Waals surface area (Å²) in [6, 6.07) is -0.0746. The van der Waals surface area contributed by atoms with Crippen LogP contribution in [0.5, 0.6) is 0 Å². The van der Waals surface area contributed by atoms with Gasteiger partial charge in [-0.05, 0) is 12.8 Å². The summed E-state index contributed by atoms with van der Waals surface area (Å²) in [5.74, 6) is 0.545. The number of sulfone groups is 1. The lowest BCUT2D eigenvalue weighted by Crippen LogP contribution is -2.59. The molecule has 1 N–H and O–H groups in total. The molecule has 3 rings (SSSR count). The Labute approximate surface area is 138 Å². The summed E-state index contributed by atoms with van der Waals surface area (Å²) in [5, 5.41) is 9.18. The maximum Gasteiger partial charge on any atom is 0.223 e. The normalized spacial score (nSPS) is 31.4. The van der Waals surface area contributed by atoms with Crippen molar-refractivity contribution in [3.63, 3.8) is 0 Å². The van der Waals surface area contributed by atoms with Crippen LogP contribution >= 0.6 is 0 Å². The van der Waals surface area contributed by atoms with Crippen LogP contribution in [0.3, 0.4) is 0 Å². The second-order valence-electron chi connectivity index (χ2n) is 6.85. The van der Waals surface area contributed by atoms with Gasteiger partial charge in [-0.3, -0.25) is 14.6 Å². The topological polar surface area (TPSA) is 81.2 Å². The zero-order chi connectivity index (χ0) is 16.4. The minimum Gasteiger partial charge on any atom is -0.395 e. The van der Waals surface area contributed by atoms with Crippen LogP contribution in [0, 0.1) is 0 Å². The fourth-order valence-corrected chi connectivity index (χ4v) is 6.19. The lowest BCUT2D eigenvalue weighted by atomic mass is 10.0. The molecule has 0 aliphatic carbocycles. The standard InChI is InChI=1S/C15H27N3O4S/c19-10-9-17-8-7-16(13-11-23(21,22)12-14(13)17)6-3-15(20)18-4-1-2-5-18/h13-14,19H,1-12H2/t13-,14+/m1/s1. The predicted molar refractivity (Wildman–Crippen MR) is 86.9 cm³/mol. The molecule has 7 nitrogen and oxygen atoms in total. The Morgan fingerprint density at radius 2 is 1.52 bits per heavy atom. The Morgan fingerprint density at radius 1 is 0.957 bits per heavy atom. The number of aliphatic hydroxyl groups is 1. The number of rotatable bonds is 5. The first-order valence-corrected chi connectivity index (χ1v) is 10.4. The van der Waals surface area contributed by atoms with Gasteiger partial charge in [-0.1, -0.05) is 0 Å². The Bertz CT molecular complexity index is 533.